The number of carbonyl (C=O) groups is 1. The zero-order valence-electron chi connectivity index (χ0n) is 5.98. The lowest BCUT2D eigenvalue weighted by atomic mass is 10.4. The van der Waals surface area contributed by atoms with Crippen LogP contribution in [0.2, 0.25) is 0 Å². The number of carboxylic acid groups (broad SMARTS) is 1. The van der Waals surface area contributed by atoms with E-state index < -0.39 is 24.6 Å². The average Bonchev–Trinajstić information content (AvgIpc) is 1.85. The van der Waals surface area contributed by atoms with Crippen molar-refractivity contribution in [1.29, 1.82) is 0 Å². The molecule has 0 aliphatic rings. The van der Waals surface area contributed by atoms with Crippen molar-refractivity contribution in [2.45, 2.75) is 25.6 Å². The molecule has 0 aliphatic heterocycles. The van der Waals surface area contributed by atoms with Gasteiger partial charge < -0.3 is 5.11 Å². The standard InChI is InChI=1S/C5H6F4O3/c1-2-4(6,7)12-5(8,9)3(10)11/h2H2,1H3,(H,10,11). The summed E-state index contributed by atoms with van der Waals surface area (Å²) in [4.78, 5) is 9.61. The SMILES string of the molecule is CCC(F)(F)OC(F)(F)C(=O)O. The number of carboxylic acids is 1. The second-order valence-electron chi connectivity index (χ2n) is 1.91. The Bertz CT molecular complexity index is 180. The maximum atomic E-state index is 12.0. The molecule has 0 atom stereocenters. The van der Waals surface area contributed by atoms with Crippen LogP contribution >= 0.6 is 0 Å². The Labute approximate surface area is 64.9 Å². The normalized spacial score (nSPS) is 13.1. The first kappa shape index (κ1) is 11.2. The first-order valence-electron chi connectivity index (χ1n) is 2.90. The van der Waals surface area contributed by atoms with Gasteiger partial charge in [0.05, 0.1) is 0 Å². The summed E-state index contributed by atoms with van der Waals surface area (Å²) in [6.45, 7) is 0.887. The minimum Gasteiger partial charge on any atom is -0.475 e. The molecule has 0 fully saturated rings. The van der Waals surface area contributed by atoms with Crippen LogP contribution in [0.3, 0.4) is 0 Å². The third-order valence-electron chi connectivity index (χ3n) is 0.938. The van der Waals surface area contributed by atoms with Gasteiger partial charge in [0.2, 0.25) is 0 Å². The largest absolute Gasteiger partial charge is 0.475 e. The van der Waals surface area contributed by atoms with E-state index >= 15 is 0 Å². The predicted octanol–water partition coefficient (Wildman–Crippen LogP) is 1.68. The maximum Gasteiger partial charge on any atom is 0.460 e. The van der Waals surface area contributed by atoms with Gasteiger partial charge in [-0.25, -0.2) is 9.53 Å². The molecule has 0 radical (unpaired) electrons. The molecule has 0 saturated heterocycles. The molecule has 7 heteroatoms. The number of hydrogen-bond donors (Lipinski definition) is 1. The number of rotatable bonds is 4. The molecule has 0 unspecified atom stereocenters. The van der Waals surface area contributed by atoms with Crippen molar-refractivity contribution in [3.8, 4) is 0 Å². The van der Waals surface area contributed by atoms with Gasteiger partial charge in [0.15, 0.2) is 0 Å². The molecule has 0 spiro atoms. The smallest absolute Gasteiger partial charge is 0.460 e. The molecule has 0 heterocycles. The Kier molecular flexibility index (Phi) is 3.03. The second-order valence-corrected chi connectivity index (χ2v) is 1.91. The lowest BCUT2D eigenvalue weighted by Crippen LogP contribution is -2.39. The fourth-order valence-corrected chi connectivity index (χ4v) is 0.303. The van der Waals surface area contributed by atoms with E-state index in [1.165, 1.54) is 0 Å². The molecular formula is C5H6F4O3. The van der Waals surface area contributed by atoms with Crippen LogP contribution in [0, 0.1) is 0 Å². The van der Waals surface area contributed by atoms with E-state index in [1.807, 2.05) is 0 Å². The molecule has 72 valence electrons. The Balaban J connectivity index is 4.34. The Morgan fingerprint density at radius 2 is 1.83 bits per heavy atom. The molecule has 0 aromatic carbocycles. The van der Waals surface area contributed by atoms with Crippen molar-refractivity contribution in [1.82, 2.24) is 0 Å². The number of alkyl halides is 4. The topological polar surface area (TPSA) is 46.5 Å². The minimum absolute atomic E-state index is 0.887. The molecule has 0 aromatic rings. The highest BCUT2D eigenvalue weighted by molar-refractivity contribution is 5.73. The zero-order chi connectivity index (χ0) is 9.99. The summed E-state index contributed by atoms with van der Waals surface area (Å²) >= 11 is 0. The molecule has 0 aliphatic carbocycles. The van der Waals surface area contributed by atoms with E-state index in [4.69, 9.17) is 5.11 Å². The van der Waals surface area contributed by atoms with Gasteiger partial charge in [-0.05, 0) is 0 Å². The van der Waals surface area contributed by atoms with Crippen molar-refractivity contribution in [2.24, 2.45) is 0 Å². The zero-order valence-corrected chi connectivity index (χ0v) is 5.98. The van der Waals surface area contributed by atoms with E-state index in [0.717, 1.165) is 6.92 Å². The van der Waals surface area contributed by atoms with E-state index in [2.05, 4.69) is 4.74 Å². The van der Waals surface area contributed by atoms with Crippen LogP contribution in [-0.2, 0) is 9.53 Å². The first-order chi connectivity index (χ1) is 5.21. The van der Waals surface area contributed by atoms with Gasteiger partial charge in [0.25, 0.3) is 0 Å². The van der Waals surface area contributed by atoms with Gasteiger partial charge in [-0.2, -0.15) is 17.6 Å². The third kappa shape index (κ3) is 3.04. The molecule has 3 nitrogen and oxygen atoms in total. The lowest BCUT2D eigenvalue weighted by molar-refractivity contribution is -0.363. The molecule has 0 bridgehead atoms. The van der Waals surface area contributed by atoms with Gasteiger partial charge in [-0.15, -0.1) is 0 Å². The third-order valence-corrected chi connectivity index (χ3v) is 0.938. The number of ether oxygens (including phenoxy) is 1. The summed E-state index contributed by atoms with van der Waals surface area (Å²) in [5, 5.41) is 7.69. The van der Waals surface area contributed by atoms with Crippen LogP contribution in [-0.4, -0.2) is 23.3 Å². The predicted molar refractivity (Wildman–Crippen MR) is 28.9 cm³/mol. The molecule has 0 aromatic heterocycles. The van der Waals surface area contributed by atoms with Crippen molar-refractivity contribution < 1.29 is 32.2 Å². The summed E-state index contributed by atoms with van der Waals surface area (Å²) in [5.74, 6) is -2.74. The number of hydrogen-bond acceptors (Lipinski definition) is 2. The van der Waals surface area contributed by atoms with Crippen molar-refractivity contribution >= 4 is 5.97 Å². The minimum atomic E-state index is -4.85. The van der Waals surface area contributed by atoms with Gasteiger partial charge >= 0.3 is 18.2 Å². The van der Waals surface area contributed by atoms with Crippen LogP contribution in [0.4, 0.5) is 17.6 Å². The Hall–Kier alpha value is -0.850. The fourth-order valence-electron chi connectivity index (χ4n) is 0.303. The summed E-state index contributed by atoms with van der Waals surface area (Å²) in [7, 11) is 0. The highest BCUT2D eigenvalue weighted by Gasteiger charge is 2.49. The summed E-state index contributed by atoms with van der Waals surface area (Å²) in [6, 6.07) is 0. The molecule has 0 saturated carbocycles. The van der Waals surface area contributed by atoms with Gasteiger partial charge in [-0.1, -0.05) is 6.92 Å². The maximum absolute atomic E-state index is 12.0. The van der Waals surface area contributed by atoms with Crippen molar-refractivity contribution in [3.05, 3.63) is 0 Å². The summed E-state index contributed by atoms with van der Waals surface area (Å²) < 4.78 is 50.7. The molecular weight excluding hydrogens is 184 g/mol. The summed E-state index contributed by atoms with van der Waals surface area (Å²) in [6.07, 6.45) is -9.99. The molecule has 0 amide bonds. The highest BCUT2D eigenvalue weighted by Crippen LogP contribution is 2.29. The quantitative estimate of drug-likeness (QED) is 0.686. The molecule has 12 heavy (non-hydrogen) atoms. The van der Waals surface area contributed by atoms with Gasteiger partial charge in [-0.3, -0.25) is 0 Å². The highest BCUT2D eigenvalue weighted by atomic mass is 19.3. The van der Waals surface area contributed by atoms with Crippen LogP contribution in [0.25, 0.3) is 0 Å². The number of halogens is 4. The van der Waals surface area contributed by atoms with E-state index in [0.29, 0.717) is 0 Å². The number of aliphatic carboxylic acids is 1. The fraction of sp³-hybridized carbons (Fsp3) is 0.800. The molecule has 1 N–H and O–H groups in total. The Morgan fingerprint density at radius 3 is 2.08 bits per heavy atom. The van der Waals surface area contributed by atoms with Gasteiger partial charge in [0, 0.05) is 6.42 Å². The van der Waals surface area contributed by atoms with Crippen LogP contribution in [0.1, 0.15) is 13.3 Å². The van der Waals surface area contributed by atoms with Crippen molar-refractivity contribution in [3.63, 3.8) is 0 Å². The van der Waals surface area contributed by atoms with E-state index in [1.54, 1.807) is 0 Å². The van der Waals surface area contributed by atoms with Gasteiger partial charge in [0.1, 0.15) is 0 Å². The lowest BCUT2D eigenvalue weighted by Gasteiger charge is -2.18. The Morgan fingerprint density at radius 1 is 1.42 bits per heavy atom. The van der Waals surface area contributed by atoms with Crippen molar-refractivity contribution in [2.75, 3.05) is 0 Å². The van der Waals surface area contributed by atoms with E-state index in [-0.39, 0.29) is 0 Å². The monoisotopic (exact) mass is 190 g/mol. The van der Waals surface area contributed by atoms with Crippen LogP contribution in [0.5, 0.6) is 0 Å². The molecule has 0 rings (SSSR count). The van der Waals surface area contributed by atoms with Crippen LogP contribution < -0.4 is 0 Å². The summed E-state index contributed by atoms with van der Waals surface area (Å²) in [5.41, 5.74) is 0. The first-order valence-corrected chi connectivity index (χ1v) is 2.90. The average molecular weight is 190 g/mol. The second kappa shape index (κ2) is 3.26. The van der Waals surface area contributed by atoms with Crippen LogP contribution in [0.15, 0.2) is 0 Å². The van der Waals surface area contributed by atoms with E-state index in [9.17, 15) is 22.4 Å².